The molecule has 0 aromatic heterocycles. The Kier molecular flexibility index (Phi) is 7.38. The highest BCUT2D eigenvalue weighted by molar-refractivity contribution is 7.89. The number of aliphatic carboxylic acids is 1. The molecule has 0 saturated heterocycles. The average Bonchev–Trinajstić information content (AvgIpc) is 2.81. The van der Waals surface area contributed by atoms with Gasteiger partial charge < -0.3 is 5.11 Å². The second-order valence-corrected chi connectivity index (χ2v) is 11.3. The molecule has 0 fully saturated rings. The summed E-state index contributed by atoms with van der Waals surface area (Å²) in [6.07, 6.45) is 1.42. The fourth-order valence-electron chi connectivity index (χ4n) is 4.78. The molecular weight excluding hydrogens is 465 g/mol. The quantitative estimate of drug-likeness (QED) is 0.489. The lowest BCUT2D eigenvalue weighted by Gasteiger charge is -2.30. The fourth-order valence-corrected chi connectivity index (χ4v) is 6.57. The van der Waals surface area contributed by atoms with Gasteiger partial charge in [0, 0.05) is 19.0 Å². The maximum atomic E-state index is 13.9. The van der Waals surface area contributed by atoms with Crippen LogP contribution < -0.4 is 0 Å². The molecule has 2 atom stereocenters. The van der Waals surface area contributed by atoms with Crippen molar-refractivity contribution in [2.24, 2.45) is 5.92 Å². The minimum atomic E-state index is -3.71. The Morgan fingerprint density at radius 2 is 1.83 bits per heavy atom. The first-order chi connectivity index (χ1) is 16.6. The van der Waals surface area contributed by atoms with Crippen LogP contribution in [0.5, 0.6) is 0 Å². The molecule has 184 valence electrons. The predicted molar refractivity (Wildman–Crippen MR) is 133 cm³/mol. The van der Waals surface area contributed by atoms with Crippen molar-refractivity contribution in [1.29, 1.82) is 0 Å². The number of carbonyl (C=O) groups is 1. The first kappa shape index (κ1) is 25.1. The molecule has 4 rings (SSSR count). The zero-order valence-corrected chi connectivity index (χ0v) is 20.8. The Balaban J connectivity index is 1.73. The Hall–Kier alpha value is -3.03. The van der Waals surface area contributed by atoms with Gasteiger partial charge in [0.1, 0.15) is 5.82 Å². The van der Waals surface area contributed by atoms with Crippen molar-refractivity contribution in [3.63, 3.8) is 0 Å². The highest BCUT2D eigenvalue weighted by atomic mass is 32.2. The molecule has 7 heteroatoms. The summed E-state index contributed by atoms with van der Waals surface area (Å²) in [6, 6.07) is 18.7. The van der Waals surface area contributed by atoms with Crippen molar-refractivity contribution in [2.45, 2.75) is 50.5 Å². The third-order valence-corrected chi connectivity index (χ3v) is 8.68. The van der Waals surface area contributed by atoms with Crippen LogP contribution in [-0.4, -0.2) is 30.3 Å². The molecule has 1 unspecified atom stereocenters. The van der Waals surface area contributed by atoms with E-state index in [2.05, 4.69) is 6.92 Å². The van der Waals surface area contributed by atoms with Gasteiger partial charge in [-0.1, -0.05) is 55.5 Å². The van der Waals surface area contributed by atoms with Crippen LogP contribution in [0.2, 0.25) is 0 Å². The summed E-state index contributed by atoms with van der Waals surface area (Å²) in [5.41, 5.74) is 3.85. The van der Waals surface area contributed by atoms with Crippen molar-refractivity contribution < 1.29 is 22.7 Å². The maximum absolute atomic E-state index is 13.9. The zero-order chi connectivity index (χ0) is 25.2. The van der Waals surface area contributed by atoms with Crippen molar-refractivity contribution in [2.75, 3.05) is 6.54 Å². The zero-order valence-electron chi connectivity index (χ0n) is 19.9. The second kappa shape index (κ2) is 10.3. The van der Waals surface area contributed by atoms with Gasteiger partial charge in [0.05, 0.1) is 11.3 Å². The monoisotopic (exact) mass is 495 g/mol. The molecular formula is C28H30FNO4S. The summed E-state index contributed by atoms with van der Waals surface area (Å²) in [6.45, 7) is 4.57. The lowest BCUT2D eigenvalue weighted by molar-refractivity contribution is -0.137. The van der Waals surface area contributed by atoms with Crippen molar-refractivity contribution in [3.8, 4) is 0 Å². The van der Waals surface area contributed by atoms with E-state index in [1.54, 1.807) is 24.3 Å². The van der Waals surface area contributed by atoms with Crippen molar-refractivity contribution >= 4 is 16.0 Å². The number of benzene rings is 3. The number of carboxylic acids is 1. The normalized spacial score (nSPS) is 18.8. The van der Waals surface area contributed by atoms with Crippen LogP contribution in [0.15, 0.2) is 71.6 Å². The van der Waals surface area contributed by atoms with Gasteiger partial charge >= 0.3 is 5.97 Å². The highest BCUT2D eigenvalue weighted by Crippen LogP contribution is 2.32. The summed E-state index contributed by atoms with van der Waals surface area (Å²) < 4.78 is 42.8. The van der Waals surface area contributed by atoms with Crippen molar-refractivity contribution in [1.82, 2.24) is 4.31 Å². The third-order valence-electron chi connectivity index (χ3n) is 6.76. The van der Waals surface area contributed by atoms with Gasteiger partial charge in [0.15, 0.2) is 0 Å². The SMILES string of the molecule is Cc1ccc(C(CC(=O)O)c2cccc(F)c2)cc1CN1C[C@@H](C)CCc2ccccc2S1(=O)=O. The molecule has 0 aliphatic carbocycles. The average molecular weight is 496 g/mol. The topological polar surface area (TPSA) is 74.7 Å². The molecule has 1 aliphatic heterocycles. The minimum Gasteiger partial charge on any atom is -0.481 e. The van der Waals surface area contributed by atoms with Gasteiger partial charge in [-0.3, -0.25) is 4.79 Å². The van der Waals surface area contributed by atoms with Gasteiger partial charge in [-0.2, -0.15) is 4.31 Å². The smallest absolute Gasteiger partial charge is 0.304 e. The summed E-state index contributed by atoms with van der Waals surface area (Å²) in [7, 11) is -3.71. The van der Waals surface area contributed by atoms with E-state index < -0.39 is 27.7 Å². The molecule has 0 amide bonds. The summed E-state index contributed by atoms with van der Waals surface area (Å²) in [4.78, 5) is 12.0. The third kappa shape index (κ3) is 5.63. The Morgan fingerprint density at radius 1 is 1.09 bits per heavy atom. The standard InChI is InChI=1S/C28H30FNO4S/c1-19-10-12-21-6-3-4-9-27(21)35(33,34)30(17-19)18-24-14-23(13-11-20(24)2)26(16-28(31)32)22-7-5-8-25(29)15-22/h3-9,11,13-15,19,26H,10,12,16-18H2,1-2H3,(H,31,32)/t19-,26?/m0/s1. The van der Waals surface area contributed by atoms with E-state index in [0.717, 1.165) is 35.1 Å². The van der Waals surface area contributed by atoms with E-state index in [0.29, 0.717) is 17.0 Å². The van der Waals surface area contributed by atoms with Crippen LogP contribution >= 0.6 is 0 Å². The summed E-state index contributed by atoms with van der Waals surface area (Å²) in [5, 5.41) is 9.53. The van der Waals surface area contributed by atoms with Gasteiger partial charge in [-0.25, -0.2) is 12.8 Å². The maximum Gasteiger partial charge on any atom is 0.304 e. The van der Waals surface area contributed by atoms with Crippen LogP contribution in [0.25, 0.3) is 0 Å². The number of carboxylic acid groups (broad SMARTS) is 1. The van der Waals surface area contributed by atoms with Crippen LogP contribution in [0.4, 0.5) is 4.39 Å². The molecule has 3 aromatic carbocycles. The number of sulfonamides is 1. The second-order valence-electron chi connectivity index (χ2n) is 9.44. The van der Waals surface area contributed by atoms with E-state index in [1.807, 2.05) is 37.3 Å². The number of hydrogen-bond donors (Lipinski definition) is 1. The number of halogens is 1. The van der Waals surface area contributed by atoms with Gasteiger partial charge in [-0.05, 0) is 71.7 Å². The van der Waals surface area contributed by atoms with Gasteiger partial charge in [0.2, 0.25) is 10.0 Å². The molecule has 0 radical (unpaired) electrons. The molecule has 5 nitrogen and oxygen atoms in total. The van der Waals surface area contributed by atoms with Crippen LogP contribution in [0.1, 0.15) is 53.5 Å². The molecule has 1 heterocycles. The van der Waals surface area contributed by atoms with Crippen LogP contribution in [0, 0.1) is 18.7 Å². The summed E-state index contributed by atoms with van der Waals surface area (Å²) in [5.74, 6) is -1.78. The Labute approximate surface area is 206 Å². The predicted octanol–water partition coefficient (Wildman–Crippen LogP) is 5.51. The minimum absolute atomic E-state index is 0.184. The van der Waals surface area contributed by atoms with E-state index in [1.165, 1.54) is 16.4 Å². The lowest BCUT2D eigenvalue weighted by atomic mass is 9.87. The Morgan fingerprint density at radius 3 is 2.57 bits per heavy atom. The highest BCUT2D eigenvalue weighted by Gasteiger charge is 2.31. The first-order valence-electron chi connectivity index (χ1n) is 11.8. The van der Waals surface area contributed by atoms with Crippen molar-refractivity contribution in [3.05, 3.63) is 100 Å². The number of nitrogens with zero attached hydrogens (tertiary/aromatic N) is 1. The number of aryl methyl sites for hydroxylation is 2. The number of hydrogen-bond acceptors (Lipinski definition) is 3. The van der Waals surface area contributed by atoms with Gasteiger partial charge in [0.25, 0.3) is 0 Å². The van der Waals surface area contributed by atoms with Gasteiger partial charge in [-0.15, -0.1) is 0 Å². The lowest BCUT2D eigenvalue weighted by Crippen LogP contribution is -2.36. The fraction of sp³-hybridized carbons (Fsp3) is 0.321. The molecule has 1 aliphatic rings. The van der Waals surface area contributed by atoms with Crippen LogP contribution in [-0.2, 0) is 27.8 Å². The van der Waals surface area contributed by atoms with Crippen LogP contribution in [0.3, 0.4) is 0 Å². The molecule has 0 saturated carbocycles. The largest absolute Gasteiger partial charge is 0.481 e. The summed E-state index contributed by atoms with van der Waals surface area (Å²) >= 11 is 0. The molecule has 1 N–H and O–H groups in total. The molecule has 0 bridgehead atoms. The van der Waals surface area contributed by atoms with E-state index >= 15 is 0 Å². The number of rotatable bonds is 6. The van der Waals surface area contributed by atoms with E-state index in [9.17, 15) is 22.7 Å². The molecule has 0 spiro atoms. The molecule has 35 heavy (non-hydrogen) atoms. The van der Waals surface area contributed by atoms with E-state index in [4.69, 9.17) is 0 Å². The molecule has 3 aromatic rings. The first-order valence-corrected chi connectivity index (χ1v) is 13.2. The number of fused-ring (bicyclic) bond motifs is 1. The van der Waals surface area contributed by atoms with E-state index in [-0.39, 0.29) is 18.9 Å². The Bertz CT molecular complexity index is 1340.